The average molecular weight is 325 g/mol. The predicted molar refractivity (Wildman–Crippen MR) is 74.2 cm³/mol. The molecule has 2 aromatic rings. The number of nitro groups is 1. The minimum absolute atomic E-state index is 0.209. The highest BCUT2D eigenvalue weighted by Gasteiger charge is 2.34. The fraction of sp³-hybridized carbons (Fsp3) is 0.133. The zero-order chi connectivity index (χ0) is 17.2. The van der Waals surface area contributed by atoms with E-state index in [0.717, 1.165) is 24.3 Å². The fourth-order valence-corrected chi connectivity index (χ4v) is 1.88. The molecular weight excluding hydrogens is 315 g/mol. The molecule has 0 bridgehead atoms. The Morgan fingerprint density at radius 1 is 1.17 bits per heavy atom. The van der Waals surface area contributed by atoms with Gasteiger partial charge in [-0.1, -0.05) is 18.2 Å². The van der Waals surface area contributed by atoms with Gasteiger partial charge in [0, 0.05) is 11.6 Å². The number of alkyl halides is 3. The van der Waals surface area contributed by atoms with E-state index < -0.39 is 28.4 Å². The Kier molecular flexibility index (Phi) is 4.35. The van der Waals surface area contributed by atoms with Crippen LogP contribution in [0.1, 0.15) is 21.5 Å². The normalized spacial score (nSPS) is 11.1. The average Bonchev–Trinajstić information content (AvgIpc) is 2.46. The number of hydrogen-bond acceptors (Lipinski definition) is 4. The van der Waals surface area contributed by atoms with Crippen LogP contribution in [0.15, 0.2) is 42.5 Å². The second kappa shape index (κ2) is 6.07. The molecule has 0 aliphatic heterocycles. The molecule has 0 saturated carbocycles. The number of hydrogen-bond donors (Lipinski definition) is 0. The van der Waals surface area contributed by atoms with Gasteiger partial charge in [-0.15, -0.1) is 0 Å². The summed E-state index contributed by atoms with van der Waals surface area (Å²) in [6, 6.07) is 7.77. The van der Waals surface area contributed by atoms with Crippen LogP contribution in [-0.4, -0.2) is 10.9 Å². The Balaban J connectivity index is 2.34. The standard InChI is InChI=1S/C15H10F3NO4/c1-9-6-7-10(8-12(9)19(21)22)14(20)23-13-5-3-2-4-11(13)15(16,17)18/h2-8H,1H3. The summed E-state index contributed by atoms with van der Waals surface area (Å²) < 4.78 is 43.3. The number of halogens is 3. The number of benzene rings is 2. The van der Waals surface area contributed by atoms with E-state index >= 15 is 0 Å². The molecular formula is C15H10F3NO4. The minimum Gasteiger partial charge on any atom is -0.422 e. The van der Waals surface area contributed by atoms with Crippen LogP contribution in [0.4, 0.5) is 18.9 Å². The monoisotopic (exact) mass is 325 g/mol. The largest absolute Gasteiger partial charge is 0.422 e. The Hall–Kier alpha value is -2.90. The quantitative estimate of drug-likeness (QED) is 0.368. The van der Waals surface area contributed by atoms with Gasteiger partial charge in [-0.2, -0.15) is 13.2 Å². The number of carbonyl (C=O) groups is 1. The summed E-state index contributed by atoms with van der Waals surface area (Å²) in [6.07, 6.45) is -4.68. The summed E-state index contributed by atoms with van der Waals surface area (Å²) in [6.45, 7) is 1.48. The zero-order valence-corrected chi connectivity index (χ0v) is 11.8. The number of nitrogens with zero attached hydrogens (tertiary/aromatic N) is 1. The van der Waals surface area contributed by atoms with E-state index in [2.05, 4.69) is 0 Å². The number of aryl methyl sites for hydroxylation is 1. The molecule has 0 aliphatic carbocycles. The SMILES string of the molecule is Cc1ccc(C(=O)Oc2ccccc2C(F)(F)F)cc1[N+](=O)[O-]. The highest BCUT2D eigenvalue weighted by Crippen LogP contribution is 2.36. The smallest absolute Gasteiger partial charge is 0.419 e. The molecule has 0 aromatic heterocycles. The molecule has 2 aromatic carbocycles. The van der Waals surface area contributed by atoms with Gasteiger partial charge < -0.3 is 4.74 Å². The van der Waals surface area contributed by atoms with E-state index in [0.29, 0.717) is 5.56 Å². The molecule has 0 aliphatic rings. The van der Waals surface area contributed by atoms with Crippen molar-refractivity contribution < 1.29 is 27.6 Å². The van der Waals surface area contributed by atoms with Gasteiger partial charge in [0.05, 0.1) is 16.1 Å². The highest BCUT2D eigenvalue weighted by molar-refractivity contribution is 5.92. The molecule has 0 atom stereocenters. The van der Waals surface area contributed by atoms with Gasteiger partial charge in [0.2, 0.25) is 0 Å². The van der Waals surface area contributed by atoms with Crippen molar-refractivity contribution in [2.24, 2.45) is 0 Å². The maximum atomic E-state index is 12.8. The molecule has 0 N–H and O–H groups in total. The second-order valence-corrected chi connectivity index (χ2v) is 4.64. The van der Waals surface area contributed by atoms with Gasteiger partial charge in [-0.3, -0.25) is 10.1 Å². The summed E-state index contributed by atoms with van der Waals surface area (Å²) in [4.78, 5) is 22.1. The van der Waals surface area contributed by atoms with Gasteiger partial charge in [-0.25, -0.2) is 4.79 Å². The van der Waals surface area contributed by atoms with Crippen molar-refractivity contribution in [1.29, 1.82) is 0 Å². The molecule has 0 saturated heterocycles. The van der Waals surface area contributed by atoms with Crippen LogP contribution in [-0.2, 0) is 6.18 Å². The first-order chi connectivity index (χ1) is 10.7. The van der Waals surface area contributed by atoms with Crippen LogP contribution >= 0.6 is 0 Å². The number of ether oxygens (including phenoxy) is 1. The Morgan fingerprint density at radius 3 is 2.43 bits per heavy atom. The fourth-order valence-electron chi connectivity index (χ4n) is 1.88. The second-order valence-electron chi connectivity index (χ2n) is 4.64. The molecule has 120 valence electrons. The number of carbonyl (C=O) groups excluding carboxylic acids is 1. The lowest BCUT2D eigenvalue weighted by Crippen LogP contribution is -2.14. The zero-order valence-electron chi connectivity index (χ0n) is 11.8. The lowest BCUT2D eigenvalue weighted by molar-refractivity contribution is -0.385. The first-order valence-corrected chi connectivity index (χ1v) is 6.33. The number of esters is 1. The summed E-state index contributed by atoms with van der Waals surface area (Å²) in [5.41, 5.74) is -1.31. The molecule has 0 fully saturated rings. The van der Waals surface area contributed by atoms with Crippen LogP contribution in [0, 0.1) is 17.0 Å². The molecule has 23 heavy (non-hydrogen) atoms. The van der Waals surface area contributed by atoms with Crippen molar-refractivity contribution in [2.45, 2.75) is 13.1 Å². The van der Waals surface area contributed by atoms with Gasteiger partial charge in [-0.05, 0) is 25.1 Å². The lowest BCUT2D eigenvalue weighted by Gasteiger charge is -2.12. The topological polar surface area (TPSA) is 69.4 Å². The third-order valence-corrected chi connectivity index (χ3v) is 3.04. The van der Waals surface area contributed by atoms with E-state index in [1.54, 1.807) is 0 Å². The summed E-state index contributed by atoms with van der Waals surface area (Å²) in [5, 5.41) is 10.8. The van der Waals surface area contributed by atoms with Crippen molar-refractivity contribution in [1.82, 2.24) is 0 Å². The molecule has 5 nitrogen and oxygen atoms in total. The maximum Gasteiger partial charge on any atom is 0.419 e. The van der Waals surface area contributed by atoms with Crippen molar-refractivity contribution in [3.63, 3.8) is 0 Å². The van der Waals surface area contributed by atoms with E-state index in [1.807, 2.05) is 0 Å². The molecule has 0 amide bonds. The van der Waals surface area contributed by atoms with E-state index in [1.165, 1.54) is 25.1 Å². The van der Waals surface area contributed by atoms with Gasteiger partial charge in [0.1, 0.15) is 5.75 Å². The first-order valence-electron chi connectivity index (χ1n) is 6.33. The maximum absolute atomic E-state index is 12.8. The minimum atomic E-state index is -4.68. The number of para-hydroxylation sites is 1. The van der Waals surface area contributed by atoms with Crippen LogP contribution in [0.2, 0.25) is 0 Å². The van der Waals surface area contributed by atoms with Crippen LogP contribution in [0.25, 0.3) is 0 Å². The predicted octanol–water partition coefficient (Wildman–Crippen LogP) is 4.14. The Labute approximate surface area is 128 Å². The van der Waals surface area contributed by atoms with Crippen LogP contribution in [0.5, 0.6) is 5.75 Å². The van der Waals surface area contributed by atoms with Crippen LogP contribution in [0.3, 0.4) is 0 Å². The van der Waals surface area contributed by atoms with Crippen molar-refractivity contribution in [3.05, 3.63) is 69.3 Å². The Morgan fingerprint density at radius 2 is 1.83 bits per heavy atom. The molecule has 0 radical (unpaired) electrons. The summed E-state index contributed by atoms with van der Waals surface area (Å²) in [7, 11) is 0. The third-order valence-electron chi connectivity index (χ3n) is 3.04. The van der Waals surface area contributed by atoms with Crippen molar-refractivity contribution in [2.75, 3.05) is 0 Å². The van der Waals surface area contributed by atoms with E-state index in [4.69, 9.17) is 4.74 Å². The lowest BCUT2D eigenvalue weighted by atomic mass is 10.1. The van der Waals surface area contributed by atoms with Gasteiger partial charge in [0.15, 0.2) is 0 Å². The van der Waals surface area contributed by atoms with Crippen molar-refractivity contribution >= 4 is 11.7 Å². The van der Waals surface area contributed by atoms with Crippen LogP contribution < -0.4 is 4.74 Å². The molecule has 2 rings (SSSR count). The first kappa shape index (κ1) is 16.5. The number of rotatable bonds is 3. The van der Waals surface area contributed by atoms with E-state index in [-0.39, 0.29) is 11.3 Å². The van der Waals surface area contributed by atoms with Gasteiger partial charge >= 0.3 is 12.1 Å². The summed E-state index contributed by atoms with van der Waals surface area (Å²) in [5.74, 6) is -1.77. The molecule has 0 heterocycles. The third kappa shape index (κ3) is 3.65. The number of nitro benzene ring substituents is 1. The highest BCUT2D eigenvalue weighted by atomic mass is 19.4. The summed E-state index contributed by atoms with van der Waals surface area (Å²) >= 11 is 0. The van der Waals surface area contributed by atoms with Crippen molar-refractivity contribution in [3.8, 4) is 5.75 Å². The van der Waals surface area contributed by atoms with Gasteiger partial charge in [0.25, 0.3) is 5.69 Å². The van der Waals surface area contributed by atoms with E-state index in [9.17, 15) is 28.1 Å². The Bertz CT molecular complexity index is 772. The molecule has 8 heteroatoms. The molecule has 0 unspecified atom stereocenters. The molecule has 0 spiro atoms.